The van der Waals surface area contributed by atoms with Gasteiger partial charge in [0.15, 0.2) is 0 Å². The van der Waals surface area contributed by atoms with Crippen LogP contribution in [0.15, 0.2) is 21.1 Å². The van der Waals surface area contributed by atoms with Gasteiger partial charge in [0, 0.05) is 0 Å². The van der Waals surface area contributed by atoms with Crippen molar-refractivity contribution in [2.45, 2.75) is 40.0 Å². The Morgan fingerprint density at radius 3 is 2.24 bits per heavy atom. The predicted molar refractivity (Wildman–Crippen MR) is 80.8 cm³/mol. The highest BCUT2D eigenvalue weighted by atomic mass is 79.9. The van der Waals surface area contributed by atoms with Crippen LogP contribution in [-0.2, 0) is 6.42 Å². The van der Waals surface area contributed by atoms with Crippen molar-refractivity contribution in [3.05, 3.63) is 26.6 Å². The van der Waals surface area contributed by atoms with Gasteiger partial charge in [0.2, 0.25) is 0 Å². The van der Waals surface area contributed by atoms with Crippen molar-refractivity contribution < 1.29 is 4.74 Å². The van der Waals surface area contributed by atoms with Crippen molar-refractivity contribution >= 4 is 31.9 Å². The van der Waals surface area contributed by atoms with Crippen molar-refractivity contribution in [1.82, 2.24) is 0 Å². The summed E-state index contributed by atoms with van der Waals surface area (Å²) in [4.78, 5) is 0. The molecule has 1 rings (SSSR count). The Morgan fingerprint density at radius 2 is 1.76 bits per heavy atom. The molecule has 0 aromatic heterocycles. The molecule has 0 heterocycles. The van der Waals surface area contributed by atoms with Crippen LogP contribution in [0.1, 0.15) is 39.2 Å². The third-order valence-electron chi connectivity index (χ3n) is 2.54. The molecule has 1 aromatic rings. The van der Waals surface area contributed by atoms with E-state index >= 15 is 0 Å². The van der Waals surface area contributed by atoms with Crippen LogP contribution in [0.4, 0.5) is 0 Å². The maximum absolute atomic E-state index is 5.82. The van der Waals surface area contributed by atoms with E-state index in [4.69, 9.17) is 4.74 Å². The highest BCUT2D eigenvalue weighted by molar-refractivity contribution is 9.11. The summed E-state index contributed by atoms with van der Waals surface area (Å²) in [6.45, 7) is 7.37. The molecule has 3 heteroatoms. The Bertz CT molecular complexity index is 338. The summed E-state index contributed by atoms with van der Waals surface area (Å²) < 4.78 is 7.90. The zero-order valence-electron chi connectivity index (χ0n) is 10.7. The molecule has 96 valence electrons. The van der Waals surface area contributed by atoms with Gasteiger partial charge in [-0.05, 0) is 68.3 Å². The van der Waals surface area contributed by atoms with Crippen LogP contribution in [0.5, 0.6) is 5.75 Å². The SMILES string of the molecule is CCCc1cc(Br)c(OCCC(C)C)c(Br)c1. The fraction of sp³-hybridized carbons (Fsp3) is 0.571. The van der Waals surface area contributed by atoms with E-state index in [2.05, 4.69) is 64.8 Å². The minimum absolute atomic E-state index is 0.673. The topological polar surface area (TPSA) is 9.23 Å². The highest BCUT2D eigenvalue weighted by Gasteiger charge is 2.09. The molecular weight excluding hydrogens is 344 g/mol. The van der Waals surface area contributed by atoms with E-state index < -0.39 is 0 Å². The normalized spacial score (nSPS) is 10.9. The molecule has 0 amide bonds. The van der Waals surface area contributed by atoms with Gasteiger partial charge in [0.05, 0.1) is 15.6 Å². The Hall–Kier alpha value is -0.0200. The molecule has 0 atom stereocenters. The molecule has 1 nitrogen and oxygen atoms in total. The Labute approximate surface area is 121 Å². The second kappa shape index (κ2) is 7.42. The third-order valence-corrected chi connectivity index (χ3v) is 3.72. The van der Waals surface area contributed by atoms with Crippen molar-refractivity contribution in [1.29, 1.82) is 0 Å². The molecule has 0 bridgehead atoms. The second-order valence-corrected chi connectivity index (χ2v) is 6.38. The molecule has 0 aliphatic rings. The van der Waals surface area contributed by atoms with Gasteiger partial charge in [0.1, 0.15) is 5.75 Å². The monoisotopic (exact) mass is 362 g/mol. The number of hydrogen-bond donors (Lipinski definition) is 0. The van der Waals surface area contributed by atoms with Gasteiger partial charge in [-0.3, -0.25) is 0 Å². The summed E-state index contributed by atoms with van der Waals surface area (Å²) >= 11 is 7.16. The maximum Gasteiger partial charge on any atom is 0.147 e. The summed E-state index contributed by atoms with van der Waals surface area (Å²) in [6.07, 6.45) is 3.34. The quantitative estimate of drug-likeness (QED) is 0.640. The molecule has 0 radical (unpaired) electrons. The van der Waals surface area contributed by atoms with Crippen molar-refractivity contribution in [2.75, 3.05) is 6.61 Å². The number of rotatable bonds is 6. The number of hydrogen-bond acceptors (Lipinski definition) is 1. The third kappa shape index (κ3) is 5.01. The van der Waals surface area contributed by atoms with E-state index in [1.165, 1.54) is 5.56 Å². The smallest absolute Gasteiger partial charge is 0.147 e. The number of aryl methyl sites for hydroxylation is 1. The first kappa shape index (κ1) is 15.0. The molecule has 0 N–H and O–H groups in total. The molecule has 17 heavy (non-hydrogen) atoms. The maximum atomic E-state index is 5.82. The number of halogens is 2. The first-order chi connectivity index (χ1) is 8.04. The Kier molecular flexibility index (Phi) is 6.57. The molecule has 0 saturated carbocycles. The Morgan fingerprint density at radius 1 is 1.18 bits per heavy atom. The van der Waals surface area contributed by atoms with E-state index in [-0.39, 0.29) is 0 Å². The molecule has 0 fully saturated rings. The fourth-order valence-electron chi connectivity index (χ4n) is 1.58. The molecule has 0 spiro atoms. The molecule has 0 aliphatic heterocycles. The van der Waals surface area contributed by atoms with Crippen LogP contribution in [0.25, 0.3) is 0 Å². The number of ether oxygens (including phenoxy) is 1. The average molecular weight is 364 g/mol. The minimum Gasteiger partial charge on any atom is -0.491 e. The first-order valence-corrected chi connectivity index (χ1v) is 7.74. The summed E-state index contributed by atoms with van der Waals surface area (Å²) in [5.74, 6) is 1.59. The van der Waals surface area contributed by atoms with Crippen LogP contribution in [-0.4, -0.2) is 6.61 Å². The lowest BCUT2D eigenvalue weighted by Crippen LogP contribution is -2.02. The van der Waals surface area contributed by atoms with Gasteiger partial charge in [-0.15, -0.1) is 0 Å². The predicted octanol–water partition coefficient (Wildman–Crippen LogP) is 5.59. The van der Waals surface area contributed by atoms with Crippen molar-refractivity contribution in [3.63, 3.8) is 0 Å². The summed E-state index contributed by atoms with van der Waals surface area (Å²) in [5.41, 5.74) is 1.34. The summed E-state index contributed by atoms with van der Waals surface area (Å²) in [7, 11) is 0. The molecule has 1 aromatic carbocycles. The minimum atomic E-state index is 0.673. The molecule has 0 unspecified atom stereocenters. The molecular formula is C14H20Br2O. The largest absolute Gasteiger partial charge is 0.491 e. The van der Waals surface area contributed by atoms with Crippen molar-refractivity contribution in [2.24, 2.45) is 5.92 Å². The average Bonchev–Trinajstić information content (AvgIpc) is 2.22. The van der Waals surface area contributed by atoms with Crippen LogP contribution >= 0.6 is 31.9 Å². The van der Waals surface area contributed by atoms with E-state index in [9.17, 15) is 0 Å². The zero-order chi connectivity index (χ0) is 12.8. The van der Waals surface area contributed by atoms with Crippen LogP contribution in [0.2, 0.25) is 0 Å². The zero-order valence-corrected chi connectivity index (χ0v) is 13.9. The second-order valence-electron chi connectivity index (χ2n) is 4.67. The van der Waals surface area contributed by atoms with Gasteiger partial charge in [-0.25, -0.2) is 0 Å². The van der Waals surface area contributed by atoms with Gasteiger partial charge in [0.25, 0.3) is 0 Å². The summed E-state index contributed by atoms with van der Waals surface area (Å²) in [5, 5.41) is 0. The molecule has 0 saturated heterocycles. The van der Waals surface area contributed by atoms with Crippen LogP contribution in [0, 0.1) is 5.92 Å². The standard InChI is InChI=1S/C14H20Br2O/c1-4-5-11-8-12(15)14(13(16)9-11)17-7-6-10(2)3/h8-10H,4-7H2,1-3H3. The van der Waals surface area contributed by atoms with Gasteiger partial charge >= 0.3 is 0 Å². The summed E-state index contributed by atoms with van der Waals surface area (Å²) in [6, 6.07) is 4.30. The first-order valence-electron chi connectivity index (χ1n) is 6.15. The van der Waals surface area contributed by atoms with E-state index in [0.29, 0.717) is 5.92 Å². The van der Waals surface area contributed by atoms with Gasteiger partial charge in [-0.1, -0.05) is 27.2 Å². The van der Waals surface area contributed by atoms with Crippen LogP contribution < -0.4 is 4.74 Å². The van der Waals surface area contributed by atoms with E-state index in [1.807, 2.05) is 0 Å². The lowest BCUT2D eigenvalue weighted by atomic mass is 10.1. The van der Waals surface area contributed by atoms with Crippen LogP contribution in [0.3, 0.4) is 0 Å². The van der Waals surface area contributed by atoms with Gasteiger partial charge in [-0.2, -0.15) is 0 Å². The van der Waals surface area contributed by atoms with Crippen molar-refractivity contribution in [3.8, 4) is 5.75 Å². The highest BCUT2D eigenvalue weighted by Crippen LogP contribution is 2.35. The molecule has 0 aliphatic carbocycles. The van der Waals surface area contributed by atoms with E-state index in [0.717, 1.165) is 40.6 Å². The number of benzene rings is 1. The Balaban J connectivity index is 2.72. The van der Waals surface area contributed by atoms with Gasteiger partial charge < -0.3 is 4.74 Å². The lowest BCUT2D eigenvalue weighted by molar-refractivity contribution is 0.286. The van der Waals surface area contributed by atoms with E-state index in [1.54, 1.807) is 0 Å². The fourth-order valence-corrected chi connectivity index (χ4v) is 3.09. The lowest BCUT2D eigenvalue weighted by Gasteiger charge is -2.13.